The monoisotopic (exact) mass is 267 g/mol. The fourth-order valence-corrected chi connectivity index (χ4v) is 2.07. The molecule has 1 aromatic heterocycles. The molecule has 0 atom stereocenters. The lowest BCUT2D eigenvalue weighted by molar-refractivity contribution is 0.102. The standard InChI is InChI=1S/C15H13N3O2/c1-9-6-7-12(13(19)8-9)16-15(20)14-10-4-2-3-5-11(10)17-18-14/h2-8,19H,1H3,(H,16,20)(H,17,18). The maximum atomic E-state index is 12.2. The highest BCUT2D eigenvalue weighted by molar-refractivity contribution is 6.11. The number of aromatic nitrogens is 2. The minimum absolute atomic E-state index is 0.0400. The van der Waals surface area contributed by atoms with Crippen molar-refractivity contribution in [3.8, 4) is 5.75 Å². The lowest BCUT2D eigenvalue weighted by Crippen LogP contribution is -2.12. The first-order valence-electron chi connectivity index (χ1n) is 6.19. The number of para-hydroxylation sites is 1. The van der Waals surface area contributed by atoms with Crippen LogP contribution in [0.3, 0.4) is 0 Å². The van der Waals surface area contributed by atoms with E-state index >= 15 is 0 Å². The third kappa shape index (κ3) is 2.09. The number of hydrogen-bond acceptors (Lipinski definition) is 3. The Bertz CT molecular complexity index is 793. The number of H-pyrrole nitrogens is 1. The number of benzene rings is 2. The smallest absolute Gasteiger partial charge is 0.276 e. The second-order valence-electron chi connectivity index (χ2n) is 4.59. The van der Waals surface area contributed by atoms with Crippen LogP contribution in [0.2, 0.25) is 0 Å². The van der Waals surface area contributed by atoms with Gasteiger partial charge in [0, 0.05) is 5.39 Å². The molecule has 0 aliphatic carbocycles. The van der Waals surface area contributed by atoms with Gasteiger partial charge in [0.15, 0.2) is 5.69 Å². The van der Waals surface area contributed by atoms with E-state index in [2.05, 4.69) is 15.5 Å². The summed E-state index contributed by atoms with van der Waals surface area (Å²) in [6.45, 7) is 1.87. The number of rotatable bonds is 2. The zero-order valence-corrected chi connectivity index (χ0v) is 10.8. The van der Waals surface area contributed by atoms with E-state index in [-0.39, 0.29) is 11.7 Å². The van der Waals surface area contributed by atoms with Crippen molar-refractivity contribution >= 4 is 22.5 Å². The Morgan fingerprint density at radius 3 is 2.85 bits per heavy atom. The largest absolute Gasteiger partial charge is 0.506 e. The van der Waals surface area contributed by atoms with Crippen molar-refractivity contribution in [3.05, 3.63) is 53.7 Å². The first-order valence-corrected chi connectivity index (χ1v) is 6.19. The average Bonchev–Trinajstić information content (AvgIpc) is 2.86. The number of anilines is 1. The van der Waals surface area contributed by atoms with E-state index in [1.165, 1.54) is 0 Å². The second kappa shape index (κ2) is 4.70. The molecule has 3 N–H and O–H groups in total. The van der Waals surface area contributed by atoms with Gasteiger partial charge in [-0.1, -0.05) is 24.3 Å². The number of aryl methyl sites for hydroxylation is 1. The van der Waals surface area contributed by atoms with Crippen LogP contribution in [0.25, 0.3) is 10.9 Å². The molecule has 0 saturated carbocycles. The van der Waals surface area contributed by atoms with Gasteiger partial charge >= 0.3 is 0 Å². The van der Waals surface area contributed by atoms with Crippen LogP contribution in [-0.4, -0.2) is 21.2 Å². The normalized spacial score (nSPS) is 10.7. The summed E-state index contributed by atoms with van der Waals surface area (Å²) < 4.78 is 0. The molecule has 1 amide bonds. The van der Waals surface area contributed by atoms with Crippen LogP contribution in [0.5, 0.6) is 5.75 Å². The van der Waals surface area contributed by atoms with E-state index in [0.29, 0.717) is 11.4 Å². The summed E-state index contributed by atoms with van der Waals surface area (Å²) in [5.74, 6) is -0.320. The Balaban J connectivity index is 1.93. The van der Waals surface area contributed by atoms with E-state index < -0.39 is 0 Å². The van der Waals surface area contributed by atoms with Crippen molar-refractivity contribution in [2.75, 3.05) is 5.32 Å². The van der Waals surface area contributed by atoms with Crippen LogP contribution in [0, 0.1) is 6.92 Å². The van der Waals surface area contributed by atoms with Crippen LogP contribution in [-0.2, 0) is 0 Å². The third-order valence-electron chi connectivity index (χ3n) is 3.09. The topological polar surface area (TPSA) is 78.0 Å². The lowest BCUT2D eigenvalue weighted by Gasteiger charge is -2.06. The quantitative estimate of drug-likeness (QED) is 0.625. The van der Waals surface area contributed by atoms with Crippen LogP contribution in [0.4, 0.5) is 5.69 Å². The highest BCUT2D eigenvalue weighted by Gasteiger charge is 2.15. The molecule has 0 unspecified atom stereocenters. The number of hydrogen-bond donors (Lipinski definition) is 3. The highest BCUT2D eigenvalue weighted by Crippen LogP contribution is 2.25. The van der Waals surface area contributed by atoms with Crippen LogP contribution in [0.1, 0.15) is 16.1 Å². The molecule has 5 heteroatoms. The van der Waals surface area contributed by atoms with Gasteiger partial charge < -0.3 is 10.4 Å². The van der Waals surface area contributed by atoms with E-state index in [1.54, 1.807) is 12.1 Å². The minimum atomic E-state index is -0.360. The van der Waals surface area contributed by atoms with Gasteiger partial charge in [0.2, 0.25) is 0 Å². The molecule has 2 aromatic carbocycles. The molecule has 3 rings (SSSR count). The first kappa shape index (κ1) is 12.2. The number of nitrogens with zero attached hydrogens (tertiary/aromatic N) is 1. The fraction of sp³-hybridized carbons (Fsp3) is 0.0667. The number of aromatic hydroxyl groups is 1. The molecule has 0 saturated heterocycles. The predicted molar refractivity (Wildman–Crippen MR) is 76.9 cm³/mol. The lowest BCUT2D eigenvalue weighted by atomic mass is 10.2. The molecular formula is C15H13N3O2. The summed E-state index contributed by atoms with van der Waals surface area (Å²) in [4.78, 5) is 12.2. The van der Waals surface area contributed by atoms with E-state index in [9.17, 15) is 9.90 Å². The van der Waals surface area contributed by atoms with E-state index in [4.69, 9.17) is 0 Å². The van der Waals surface area contributed by atoms with Crippen molar-refractivity contribution in [1.82, 2.24) is 10.2 Å². The Kier molecular flexibility index (Phi) is 2.87. The van der Waals surface area contributed by atoms with E-state index in [0.717, 1.165) is 16.5 Å². The first-order chi connectivity index (χ1) is 9.65. The van der Waals surface area contributed by atoms with Gasteiger partial charge in [-0.25, -0.2) is 0 Å². The maximum absolute atomic E-state index is 12.2. The Morgan fingerprint density at radius 2 is 2.05 bits per heavy atom. The van der Waals surface area contributed by atoms with E-state index in [1.807, 2.05) is 37.3 Å². The van der Waals surface area contributed by atoms with Crippen molar-refractivity contribution < 1.29 is 9.90 Å². The van der Waals surface area contributed by atoms with Gasteiger partial charge in [0.05, 0.1) is 11.2 Å². The molecule has 0 fully saturated rings. The Hall–Kier alpha value is -2.82. The molecule has 1 heterocycles. The Morgan fingerprint density at radius 1 is 1.25 bits per heavy atom. The number of amides is 1. The molecule has 0 aliphatic heterocycles. The highest BCUT2D eigenvalue weighted by atomic mass is 16.3. The summed E-state index contributed by atoms with van der Waals surface area (Å²) in [6.07, 6.45) is 0. The van der Waals surface area contributed by atoms with Gasteiger partial charge in [-0.05, 0) is 30.7 Å². The molecule has 100 valence electrons. The van der Waals surface area contributed by atoms with Gasteiger partial charge in [-0.15, -0.1) is 0 Å². The number of phenolic OH excluding ortho intramolecular Hbond substituents is 1. The molecule has 3 aromatic rings. The Labute approximate surface area is 115 Å². The van der Waals surface area contributed by atoms with Crippen molar-refractivity contribution in [2.24, 2.45) is 0 Å². The summed E-state index contributed by atoms with van der Waals surface area (Å²) >= 11 is 0. The van der Waals surface area contributed by atoms with Gasteiger partial charge in [-0.2, -0.15) is 5.10 Å². The second-order valence-corrected chi connectivity index (χ2v) is 4.59. The molecule has 20 heavy (non-hydrogen) atoms. The third-order valence-corrected chi connectivity index (χ3v) is 3.09. The average molecular weight is 267 g/mol. The summed E-state index contributed by atoms with van der Waals surface area (Å²) in [6, 6.07) is 12.5. The number of carbonyl (C=O) groups is 1. The molecule has 0 bridgehead atoms. The number of aromatic amines is 1. The zero-order valence-electron chi connectivity index (χ0n) is 10.8. The van der Waals surface area contributed by atoms with Crippen LogP contribution >= 0.6 is 0 Å². The summed E-state index contributed by atoms with van der Waals surface area (Å²) in [5, 5.41) is 20.0. The van der Waals surface area contributed by atoms with Gasteiger partial charge in [0.1, 0.15) is 5.75 Å². The van der Waals surface area contributed by atoms with Crippen molar-refractivity contribution in [2.45, 2.75) is 6.92 Å². The van der Waals surface area contributed by atoms with Crippen molar-refractivity contribution in [3.63, 3.8) is 0 Å². The van der Waals surface area contributed by atoms with Crippen molar-refractivity contribution in [1.29, 1.82) is 0 Å². The maximum Gasteiger partial charge on any atom is 0.276 e. The summed E-state index contributed by atoms with van der Waals surface area (Å²) in [7, 11) is 0. The number of carbonyl (C=O) groups excluding carboxylic acids is 1. The van der Waals surface area contributed by atoms with Crippen LogP contribution < -0.4 is 5.32 Å². The van der Waals surface area contributed by atoms with Gasteiger partial charge in [0.25, 0.3) is 5.91 Å². The minimum Gasteiger partial charge on any atom is -0.506 e. The van der Waals surface area contributed by atoms with Gasteiger partial charge in [-0.3, -0.25) is 9.89 Å². The predicted octanol–water partition coefficient (Wildman–Crippen LogP) is 2.83. The molecule has 0 spiro atoms. The zero-order chi connectivity index (χ0) is 14.1. The molecule has 5 nitrogen and oxygen atoms in total. The number of phenols is 1. The molecule has 0 aliphatic rings. The fourth-order valence-electron chi connectivity index (χ4n) is 2.07. The molecule has 0 radical (unpaired) electrons. The number of nitrogens with one attached hydrogen (secondary N) is 2. The SMILES string of the molecule is Cc1ccc(NC(=O)c2n[nH]c3ccccc23)c(O)c1. The number of fused-ring (bicyclic) bond motifs is 1. The van der Waals surface area contributed by atoms with Crippen LogP contribution in [0.15, 0.2) is 42.5 Å². The summed E-state index contributed by atoms with van der Waals surface area (Å²) in [5.41, 5.74) is 2.39. The molecular weight excluding hydrogens is 254 g/mol.